The van der Waals surface area contributed by atoms with Crippen LogP contribution in [0.4, 0.5) is 0 Å². The number of fused-ring (bicyclic) bond motifs is 1. The number of rotatable bonds is 1. The van der Waals surface area contributed by atoms with Crippen molar-refractivity contribution in [1.82, 2.24) is 4.98 Å². The van der Waals surface area contributed by atoms with Gasteiger partial charge in [-0.1, -0.05) is 17.6 Å². The first-order valence-corrected chi connectivity index (χ1v) is 3.63. The lowest BCUT2D eigenvalue weighted by atomic mass is 9.96. The predicted octanol–water partition coefficient (Wildman–Crippen LogP) is 0.774. The topological polar surface area (TPSA) is 32.9 Å². The van der Waals surface area contributed by atoms with Crippen LogP contribution in [0.15, 0.2) is 24.3 Å². The van der Waals surface area contributed by atoms with Gasteiger partial charge < -0.3 is 4.98 Å². The molecule has 3 heteroatoms. The number of aldehydes is 1. The Morgan fingerprint density at radius 1 is 1.33 bits per heavy atom. The summed E-state index contributed by atoms with van der Waals surface area (Å²) in [6.45, 7) is 0. The Balaban J connectivity index is 2.75. The Hall–Kier alpha value is -1.51. The van der Waals surface area contributed by atoms with Crippen molar-refractivity contribution in [2.45, 2.75) is 0 Å². The average Bonchev–Trinajstić information content (AvgIpc) is 2.46. The van der Waals surface area contributed by atoms with Crippen LogP contribution in [0, 0.1) is 0 Å². The number of carbonyl (C=O) groups is 1. The molecule has 0 atom stereocenters. The third-order valence-electron chi connectivity index (χ3n) is 1.79. The minimum atomic E-state index is 0.579. The lowest BCUT2D eigenvalue weighted by Crippen LogP contribution is -1.98. The molecule has 0 unspecified atom stereocenters. The molecule has 1 aromatic carbocycles. The number of benzene rings is 1. The first-order valence-electron chi connectivity index (χ1n) is 3.63. The number of nitrogens with one attached hydrogen (secondary N) is 1. The van der Waals surface area contributed by atoms with Crippen LogP contribution in [0.1, 0.15) is 10.5 Å². The van der Waals surface area contributed by atoms with Crippen molar-refractivity contribution in [3.05, 3.63) is 30.0 Å². The Bertz CT molecular complexity index is 433. The number of carbonyl (C=O) groups excluding carboxylic acids is 1. The molecule has 0 aliphatic rings. The van der Waals surface area contributed by atoms with E-state index in [1.807, 2.05) is 18.2 Å². The highest BCUT2D eigenvalue weighted by Gasteiger charge is 1.97. The molecule has 2 radical (unpaired) electrons. The van der Waals surface area contributed by atoms with E-state index in [0.717, 1.165) is 17.2 Å². The Kier molecular flexibility index (Phi) is 1.50. The highest BCUT2D eigenvalue weighted by atomic mass is 16.1. The molecule has 0 fully saturated rings. The minimum Gasteiger partial charge on any atom is -0.352 e. The van der Waals surface area contributed by atoms with Crippen LogP contribution < -0.4 is 5.46 Å². The van der Waals surface area contributed by atoms with Gasteiger partial charge in [-0.2, -0.15) is 0 Å². The molecule has 0 saturated heterocycles. The zero-order valence-electron chi connectivity index (χ0n) is 6.37. The van der Waals surface area contributed by atoms with Gasteiger partial charge in [0, 0.05) is 10.9 Å². The fourth-order valence-corrected chi connectivity index (χ4v) is 1.23. The summed E-state index contributed by atoms with van der Waals surface area (Å²) in [5.41, 5.74) is 2.18. The van der Waals surface area contributed by atoms with E-state index >= 15 is 0 Å². The molecule has 0 spiro atoms. The highest BCUT2D eigenvalue weighted by molar-refractivity contribution is 6.33. The van der Waals surface area contributed by atoms with E-state index in [2.05, 4.69) is 4.98 Å². The van der Waals surface area contributed by atoms with Crippen LogP contribution >= 0.6 is 0 Å². The van der Waals surface area contributed by atoms with Crippen LogP contribution in [-0.2, 0) is 0 Å². The SMILES string of the molecule is [B]c1ccc2cc(C=O)[nH]c2c1. The number of H-pyrrole nitrogens is 1. The molecule has 1 N–H and O–H groups in total. The standard InChI is InChI=1S/C9H6BNO/c10-7-2-1-6-3-8(5-12)11-9(6)4-7/h1-5,11H. The van der Waals surface area contributed by atoms with Crippen LogP contribution in [0.5, 0.6) is 0 Å². The van der Waals surface area contributed by atoms with Crippen molar-refractivity contribution >= 4 is 30.5 Å². The van der Waals surface area contributed by atoms with Crippen molar-refractivity contribution in [2.75, 3.05) is 0 Å². The monoisotopic (exact) mass is 155 g/mol. The molecular weight excluding hydrogens is 149 g/mol. The van der Waals surface area contributed by atoms with Crippen molar-refractivity contribution in [3.8, 4) is 0 Å². The van der Waals surface area contributed by atoms with Crippen LogP contribution in [-0.4, -0.2) is 19.1 Å². The smallest absolute Gasteiger partial charge is 0.166 e. The molecule has 0 aliphatic heterocycles. The Morgan fingerprint density at radius 2 is 2.17 bits per heavy atom. The van der Waals surface area contributed by atoms with E-state index < -0.39 is 0 Å². The molecule has 2 aromatic rings. The first-order chi connectivity index (χ1) is 5.79. The fourth-order valence-electron chi connectivity index (χ4n) is 1.23. The Morgan fingerprint density at radius 3 is 2.92 bits per heavy atom. The lowest BCUT2D eigenvalue weighted by Gasteiger charge is -1.90. The van der Waals surface area contributed by atoms with Gasteiger partial charge in [0.05, 0.1) is 5.69 Å². The number of hydrogen-bond donors (Lipinski definition) is 1. The van der Waals surface area contributed by atoms with Crippen molar-refractivity contribution in [3.63, 3.8) is 0 Å². The summed E-state index contributed by atoms with van der Waals surface area (Å²) in [5, 5.41) is 1.01. The second-order valence-corrected chi connectivity index (χ2v) is 2.69. The maximum Gasteiger partial charge on any atom is 0.166 e. The molecule has 1 aromatic heterocycles. The predicted molar refractivity (Wildman–Crippen MR) is 49.1 cm³/mol. The molecule has 0 saturated carbocycles. The summed E-state index contributed by atoms with van der Waals surface area (Å²) in [6, 6.07) is 7.29. The summed E-state index contributed by atoms with van der Waals surface area (Å²) in [7, 11) is 5.57. The maximum atomic E-state index is 10.4. The molecule has 0 bridgehead atoms. The van der Waals surface area contributed by atoms with Crippen molar-refractivity contribution in [2.24, 2.45) is 0 Å². The van der Waals surface area contributed by atoms with Gasteiger partial charge >= 0.3 is 0 Å². The molecule has 0 amide bonds. The first kappa shape index (κ1) is 7.16. The van der Waals surface area contributed by atoms with Gasteiger partial charge in [-0.3, -0.25) is 4.79 Å². The molecular formula is C9H6BNO. The van der Waals surface area contributed by atoms with Gasteiger partial charge in [0.1, 0.15) is 7.85 Å². The summed E-state index contributed by atoms with van der Waals surface area (Å²) >= 11 is 0. The zero-order valence-corrected chi connectivity index (χ0v) is 6.37. The second kappa shape index (κ2) is 2.52. The zero-order chi connectivity index (χ0) is 8.55. The summed E-state index contributed by atoms with van der Waals surface area (Å²) in [4.78, 5) is 13.3. The fraction of sp³-hybridized carbons (Fsp3) is 0. The molecule has 12 heavy (non-hydrogen) atoms. The molecule has 56 valence electrons. The van der Waals surface area contributed by atoms with Crippen LogP contribution in [0.2, 0.25) is 0 Å². The third kappa shape index (κ3) is 1.03. The van der Waals surface area contributed by atoms with Crippen molar-refractivity contribution < 1.29 is 4.79 Å². The number of hydrogen-bond acceptors (Lipinski definition) is 1. The number of aromatic nitrogens is 1. The van der Waals surface area contributed by atoms with Crippen LogP contribution in [0.25, 0.3) is 10.9 Å². The Labute approximate surface area is 71.0 Å². The van der Waals surface area contributed by atoms with E-state index in [1.165, 1.54) is 0 Å². The molecule has 1 heterocycles. The second-order valence-electron chi connectivity index (χ2n) is 2.69. The molecule has 2 rings (SSSR count). The van der Waals surface area contributed by atoms with Crippen molar-refractivity contribution in [1.29, 1.82) is 0 Å². The van der Waals surface area contributed by atoms with E-state index in [4.69, 9.17) is 7.85 Å². The summed E-state index contributed by atoms with van der Waals surface area (Å²) < 4.78 is 0. The third-order valence-corrected chi connectivity index (χ3v) is 1.79. The van der Waals surface area contributed by atoms with Gasteiger partial charge in [-0.05, 0) is 12.1 Å². The summed E-state index contributed by atoms with van der Waals surface area (Å²) in [6.07, 6.45) is 0.788. The van der Waals surface area contributed by atoms with Gasteiger partial charge in [0.2, 0.25) is 0 Å². The van der Waals surface area contributed by atoms with Crippen LogP contribution in [0.3, 0.4) is 0 Å². The number of aromatic amines is 1. The highest BCUT2D eigenvalue weighted by Crippen LogP contribution is 2.11. The van der Waals surface area contributed by atoms with Gasteiger partial charge in [0.15, 0.2) is 6.29 Å². The van der Waals surface area contributed by atoms with E-state index in [-0.39, 0.29) is 0 Å². The van der Waals surface area contributed by atoms with E-state index in [0.29, 0.717) is 11.2 Å². The normalized spacial score (nSPS) is 10.3. The molecule has 0 aliphatic carbocycles. The van der Waals surface area contributed by atoms with Gasteiger partial charge in [0.25, 0.3) is 0 Å². The quantitative estimate of drug-likeness (QED) is 0.478. The average molecular weight is 155 g/mol. The van der Waals surface area contributed by atoms with E-state index in [1.54, 1.807) is 6.07 Å². The molecule has 2 nitrogen and oxygen atoms in total. The maximum absolute atomic E-state index is 10.4. The van der Waals surface area contributed by atoms with Gasteiger partial charge in [-0.15, -0.1) is 0 Å². The summed E-state index contributed by atoms with van der Waals surface area (Å²) in [5.74, 6) is 0. The van der Waals surface area contributed by atoms with E-state index in [9.17, 15) is 4.79 Å². The van der Waals surface area contributed by atoms with Gasteiger partial charge in [-0.25, -0.2) is 0 Å². The largest absolute Gasteiger partial charge is 0.352 e. The minimum absolute atomic E-state index is 0.579. The lowest BCUT2D eigenvalue weighted by molar-refractivity contribution is 0.112.